The fraction of sp³-hybridized carbons (Fsp3) is 0.333. The van der Waals surface area contributed by atoms with Crippen LogP contribution in [-0.4, -0.2) is 41.7 Å². The lowest BCUT2D eigenvalue weighted by atomic mass is 10.00. The Kier molecular flexibility index (Phi) is 3.60. The molecule has 0 amide bonds. The van der Waals surface area contributed by atoms with E-state index in [0.717, 1.165) is 24.2 Å². The van der Waals surface area contributed by atoms with Crippen molar-refractivity contribution >= 4 is 28.2 Å². The number of nitrogens with zero attached hydrogens (tertiary/aromatic N) is 6. The van der Waals surface area contributed by atoms with Crippen molar-refractivity contribution in [1.29, 1.82) is 0 Å². The van der Waals surface area contributed by atoms with Crippen LogP contribution in [0, 0.1) is 0 Å². The Morgan fingerprint density at radius 1 is 1.33 bits per heavy atom. The molecule has 5 rings (SSSR count). The minimum atomic E-state index is -0.139. The number of imidazole rings is 1. The van der Waals surface area contributed by atoms with Gasteiger partial charge in [0.05, 0.1) is 28.9 Å². The van der Waals surface area contributed by atoms with Gasteiger partial charge in [0.15, 0.2) is 11.5 Å². The zero-order valence-electron chi connectivity index (χ0n) is 14.8. The van der Waals surface area contributed by atoms with Crippen molar-refractivity contribution in [3.8, 4) is 5.82 Å². The lowest BCUT2D eigenvalue weighted by Crippen LogP contribution is -2.20. The molecule has 4 heterocycles. The normalized spacial score (nSPS) is 20.1. The predicted molar refractivity (Wildman–Crippen MR) is 101 cm³/mol. The van der Waals surface area contributed by atoms with Gasteiger partial charge in [0, 0.05) is 24.6 Å². The smallest absolute Gasteiger partial charge is 0.261 e. The van der Waals surface area contributed by atoms with Gasteiger partial charge in [-0.2, -0.15) is 4.68 Å². The van der Waals surface area contributed by atoms with Gasteiger partial charge in [0.2, 0.25) is 0 Å². The highest BCUT2D eigenvalue weighted by atomic mass is 35.5. The van der Waals surface area contributed by atoms with Crippen molar-refractivity contribution in [1.82, 2.24) is 28.9 Å². The Balaban J connectivity index is 1.71. The number of rotatable bonds is 2. The van der Waals surface area contributed by atoms with E-state index in [1.165, 1.54) is 0 Å². The van der Waals surface area contributed by atoms with Gasteiger partial charge >= 0.3 is 0 Å². The van der Waals surface area contributed by atoms with Gasteiger partial charge in [-0.1, -0.05) is 16.8 Å². The Morgan fingerprint density at radius 3 is 2.96 bits per heavy atom. The van der Waals surface area contributed by atoms with Crippen LogP contribution in [0.25, 0.3) is 22.4 Å². The molecule has 3 aromatic heterocycles. The molecular weight excluding hydrogens is 368 g/mol. The van der Waals surface area contributed by atoms with E-state index in [4.69, 9.17) is 16.3 Å². The second kappa shape index (κ2) is 5.90. The van der Waals surface area contributed by atoms with Gasteiger partial charge in [0.25, 0.3) is 5.56 Å². The molecule has 0 N–H and O–H groups in total. The molecule has 4 aromatic rings. The molecular formula is C18H17ClN6O2. The summed E-state index contributed by atoms with van der Waals surface area (Å²) in [5, 5.41) is 9.63. The van der Waals surface area contributed by atoms with Crippen LogP contribution >= 0.6 is 11.6 Å². The fourth-order valence-corrected chi connectivity index (χ4v) is 3.99. The van der Waals surface area contributed by atoms with Crippen LogP contribution in [0.4, 0.5) is 0 Å². The van der Waals surface area contributed by atoms with Crippen LogP contribution in [0.1, 0.15) is 25.0 Å². The summed E-state index contributed by atoms with van der Waals surface area (Å²) in [4.78, 5) is 17.3. The Morgan fingerprint density at radius 2 is 2.19 bits per heavy atom. The fourth-order valence-electron chi connectivity index (χ4n) is 3.82. The van der Waals surface area contributed by atoms with E-state index in [0.29, 0.717) is 21.9 Å². The van der Waals surface area contributed by atoms with Crippen LogP contribution in [0.2, 0.25) is 5.02 Å². The quantitative estimate of drug-likeness (QED) is 0.530. The van der Waals surface area contributed by atoms with Crippen LogP contribution in [0.3, 0.4) is 0 Å². The number of aromatic nitrogens is 6. The van der Waals surface area contributed by atoms with Gasteiger partial charge in [0.1, 0.15) is 6.33 Å². The molecule has 2 unspecified atom stereocenters. The summed E-state index contributed by atoms with van der Waals surface area (Å²) in [6.07, 6.45) is 4.60. The summed E-state index contributed by atoms with van der Waals surface area (Å²) in [6, 6.07) is 5.26. The van der Waals surface area contributed by atoms with Gasteiger partial charge < -0.3 is 4.74 Å². The van der Waals surface area contributed by atoms with Crippen LogP contribution in [0.5, 0.6) is 0 Å². The van der Waals surface area contributed by atoms with Gasteiger partial charge in [-0.3, -0.25) is 13.8 Å². The van der Waals surface area contributed by atoms with Crippen LogP contribution in [-0.2, 0) is 11.8 Å². The maximum atomic E-state index is 12.8. The second-order valence-corrected chi connectivity index (χ2v) is 7.28. The first-order chi connectivity index (χ1) is 13.0. The summed E-state index contributed by atoms with van der Waals surface area (Å²) in [5.74, 6) is 0.774. The maximum Gasteiger partial charge on any atom is 0.261 e. The standard InChI is InChI=1S/C18H17ClN6O2/c1-10-12(5-6-27-10)14-8-25(22-21-14)16-17-23(2)18(26)13-7-11(19)3-4-15(13)24(17)9-20-16/h3-4,7-10,12H,5-6H2,1-2H3. The highest BCUT2D eigenvalue weighted by molar-refractivity contribution is 6.31. The lowest BCUT2D eigenvalue weighted by Gasteiger charge is -2.09. The van der Waals surface area contributed by atoms with Crippen molar-refractivity contribution in [3.05, 3.63) is 51.8 Å². The summed E-state index contributed by atoms with van der Waals surface area (Å²) in [6.45, 7) is 2.78. The number of benzene rings is 1. The number of halogens is 1. The molecule has 138 valence electrons. The molecule has 27 heavy (non-hydrogen) atoms. The molecule has 0 spiro atoms. The first-order valence-corrected chi connectivity index (χ1v) is 9.12. The third-order valence-electron chi connectivity index (χ3n) is 5.28. The second-order valence-electron chi connectivity index (χ2n) is 6.85. The predicted octanol–water partition coefficient (Wildman–Crippen LogP) is 2.31. The van der Waals surface area contributed by atoms with E-state index >= 15 is 0 Å². The highest BCUT2D eigenvalue weighted by Crippen LogP contribution is 2.30. The third kappa shape index (κ3) is 2.40. The van der Waals surface area contributed by atoms with E-state index in [2.05, 4.69) is 15.3 Å². The lowest BCUT2D eigenvalue weighted by molar-refractivity contribution is 0.118. The van der Waals surface area contributed by atoms with Crippen molar-refractivity contribution in [2.45, 2.75) is 25.4 Å². The average Bonchev–Trinajstić information content (AvgIpc) is 3.37. The molecule has 1 saturated heterocycles. The number of hydrogen-bond acceptors (Lipinski definition) is 5. The molecule has 9 heteroatoms. The summed E-state index contributed by atoms with van der Waals surface area (Å²) in [5.41, 5.74) is 2.12. The van der Waals surface area contributed by atoms with Gasteiger partial charge in [-0.25, -0.2) is 4.98 Å². The minimum absolute atomic E-state index is 0.118. The molecule has 1 fully saturated rings. The largest absolute Gasteiger partial charge is 0.378 e. The molecule has 8 nitrogen and oxygen atoms in total. The van der Waals surface area contributed by atoms with E-state index in [1.54, 1.807) is 34.8 Å². The summed E-state index contributed by atoms with van der Waals surface area (Å²) < 4.78 is 10.7. The molecule has 1 aromatic carbocycles. The zero-order chi connectivity index (χ0) is 18.7. The monoisotopic (exact) mass is 384 g/mol. The molecule has 0 radical (unpaired) electrons. The molecule has 0 aliphatic carbocycles. The van der Waals surface area contributed by atoms with Crippen molar-refractivity contribution in [3.63, 3.8) is 0 Å². The molecule has 2 atom stereocenters. The first kappa shape index (κ1) is 16.5. The minimum Gasteiger partial charge on any atom is -0.378 e. The molecule has 1 aliphatic heterocycles. The first-order valence-electron chi connectivity index (χ1n) is 8.74. The maximum absolute atomic E-state index is 12.8. The third-order valence-corrected chi connectivity index (χ3v) is 5.51. The Bertz CT molecular complexity index is 1240. The van der Waals surface area contributed by atoms with E-state index < -0.39 is 0 Å². The SMILES string of the molecule is CC1OCCC1c1cn(-c2ncn3c4ccc(Cl)cc4c(=O)n(C)c23)nn1. The van der Waals surface area contributed by atoms with Crippen LogP contribution < -0.4 is 5.56 Å². The number of aryl methyl sites for hydroxylation is 1. The van der Waals surface area contributed by atoms with Crippen molar-refractivity contribution < 1.29 is 4.74 Å². The van der Waals surface area contributed by atoms with Gasteiger partial charge in [-0.15, -0.1) is 5.10 Å². The Hall–Kier alpha value is -2.71. The van der Waals surface area contributed by atoms with Crippen molar-refractivity contribution in [2.75, 3.05) is 6.61 Å². The number of ether oxygens (including phenoxy) is 1. The Labute approximate surface area is 158 Å². The molecule has 1 aliphatic rings. The summed E-state index contributed by atoms with van der Waals surface area (Å²) in [7, 11) is 1.72. The van der Waals surface area contributed by atoms with Crippen LogP contribution in [0.15, 0.2) is 35.5 Å². The summed E-state index contributed by atoms with van der Waals surface area (Å²) >= 11 is 6.07. The highest BCUT2D eigenvalue weighted by Gasteiger charge is 2.29. The topological polar surface area (TPSA) is 79.2 Å². The van der Waals surface area contributed by atoms with E-state index in [9.17, 15) is 4.79 Å². The van der Waals surface area contributed by atoms with E-state index in [-0.39, 0.29) is 17.6 Å². The number of hydrogen-bond donors (Lipinski definition) is 0. The van der Waals surface area contributed by atoms with Gasteiger partial charge in [-0.05, 0) is 31.5 Å². The zero-order valence-corrected chi connectivity index (χ0v) is 15.6. The molecule has 0 bridgehead atoms. The molecule has 0 saturated carbocycles. The number of fused-ring (bicyclic) bond motifs is 3. The van der Waals surface area contributed by atoms with Crippen molar-refractivity contribution in [2.24, 2.45) is 7.05 Å². The van der Waals surface area contributed by atoms with E-state index in [1.807, 2.05) is 23.6 Å². The average molecular weight is 385 g/mol.